The van der Waals surface area contributed by atoms with Gasteiger partial charge in [-0.1, -0.05) is 31.0 Å². The molecule has 1 N–H and O–H groups in total. The van der Waals surface area contributed by atoms with Gasteiger partial charge in [0.1, 0.15) is 0 Å². The molecule has 0 aromatic heterocycles. The van der Waals surface area contributed by atoms with Crippen molar-refractivity contribution >= 4 is 11.7 Å². The van der Waals surface area contributed by atoms with Crippen LogP contribution in [-0.2, 0) is 4.79 Å². The highest BCUT2D eigenvalue weighted by Crippen LogP contribution is 2.13. The molecule has 0 atom stereocenters. The molecule has 0 aliphatic carbocycles. The van der Waals surface area contributed by atoms with Gasteiger partial charge in [-0.3, -0.25) is 9.59 Å². The number of hydrogen-bond acceptors (Lipinski definition) is 2. The predicted octanol–water partition coefficient (Wildman–Crippen LogP) is 3.18. The van der Waals surface area contributed by atoms with Crippen molar-refractivity contribution in [1.82, 2.24) is 5.32 Å². The van der Waals surface area contributed by atoms with Gasteiger partial charge < -0.3 is 5.32 Å². The molecule has 19 heavy (non-hydrogen) atoms. The molecule has 0 radical (unpaired) electrons. The molecule has 0 saturated carbocycles. The van der Waals surface area contributed by atoms with Crippen molar-refractivity contribution in [2.75, 3.05) is 6.54 Å². The zero-order chi connectivity index (χ0) is 14.3. The van der Waals surface area contributed by atoms with Gasteiger partial charge in [-0.05, 0) is 31.9 Å². The van der Waals surface area contributed by atoms with Crippen LogP contribution in [0.3, 0.4) is 0 Å². The maximum Gasteiger partial charge on any atom is 0.220 e. The normalized spacial score (nSPS) is 10.3. The number of carbonyl (C=O) groups excluding carboxylic acids is 2. The molecule has 0 aliphatic heterocycles. The van der Waals surface area contributed by atoms with Gasteiger partial charge in [-0.2, -0.15) is 0 Å². The fourth-order valence-electron chi connectivity index (χ4n) is 1.89. The molecule has 0 bridgehead atoms. The molecule has 1 amide bonds. The Bertz CT molecular complexity index is 452. The zero-order valence-corrected chi connectivity index (χ0v) is 12.1. The number of benzene rings is 1. The van der Waals surface area contributed by atoms with Gasteiger partial charge in [-0.15, -0.1) is 0 Å². The second-order valence-corrected chi connectivity index (χ2v) is 4.95. The Kier molecular flexibility index (Phi) is 6.26. The van der Waals surface area contributed by atoms with Crippen LogP contribution in [0.25, 0.3) is 0 Å². The monoisotopic (exact) mass is 261 g/mol. The smallest absolute Gasteiger partial charge is 0.220 e. The zero-order valence-electron chi connectivity index (χ0n) is 12.1. The third-order valence-electron chi connectivity index (χ3n) is 3.13. The molecule has 0 fully saturated rings. The largest absolute Gasteiger partial charge is 0.356 e. The highest BCUT2D eigenvalue weighted by Gasteiger charge is 2.11. The van der Waals surface area contributed by atoms with E-state index in [-0.39, 0.29) is 24.5 Å². The van der Waals surface area contributed by atoms with Gasteiger partial charge in [0.2, 0.25) is 5.91 Å². The van der Waals surface area contributed by atoms with E-state index in [1.807, 2.05) is 32.0 Å². The number of aryl methyl sites for hydroxylation is 2. The van der Waals surface area contributed by atoms with Crippen LogP contribution in [0.15, 0.2) is 18.2 Å². The molecule has 0 aliphatic rings. The van der Waals surface area contributed by atoms with Crippen LogP contribution in [0.1, 0.15) is 54.1 Å². The summed E-state index contributed by atoms with van der Waals surface area (Å²) in [5.74, 6) is 0.0129. The number of ketones is 1. The fraction of sp³-hybridized carbons (Fsp3) is 0.500. The predicted molar refractivity (Wildman–Crippen MR) is 77.4 cm³/mol. The van der Waals surface area contributed by atoms with E-state index in [1.165, 1.54) is 0 Å². The second-order valence-electron chi connectivity index (χ2n) is 4.95. The maximum atomic E-state index is 12.1. The van der Waals surface area contributed by atoms with Crippen molar-refractivity contribution in [2.45, 2.75) is 46.5 Å². The Morgan fingerprint density at radius 3 is 2.58 bits per heavy atom. The van der Waals surface area contributed by atoms with Gasteiger partial charge in [0.15, 0.2) is 5.78 Å². The fourth-order valence-corrected chi connectivity index (χ4v) is 1.89. The summed E-state index contributed by atoms with van der Waals surface area (Å²) in [5, 5.41) is 2.83. The van der Waals surface area contributed by atoms with E-state index in [4.69, 9.17) is 0 Å². The maximum absolute atomic E-state index is 12.1. The first-order valence-corrected chi connectivity index (χ1v) is 6.91. The molecule has 0 saturated heterocycles. The molecule has 104 valence electrons. The van der Waals surface area contributed by atoms with Crippen molar-refractivity contribution in [3.05, 3.63) is 34.9 Å². The summed E-state index contributed by atoms with van der Waals surface area (Å²) >= 11 is 0. The molecule has 1 rings (SSSR count). The summed E-state index contributed by atoms with van der Waals surface area (Å²) in [6.07, 6.45) is 2.59. The van der Waals surface area contributed by atoms with Gasteiger partial charge in [-0.25, -0.2) is 0 Å². The lowest BCUT2D eigenvalue weighted by Gasteiger charge is -2.07. The summed E-state index contributed by atoms with van der Waals surface area (Å²) in [5.41, 5.74) is 2.78. The lowest BCUT2D eigenvalue weighted by Crippen LogP contribution is -2.24. The number of hydrogen-bond donors (Lipinski definition) is 1. The van der Waals surface area contributed by atoms with Gasteiger partial charge in [0.05, 0.1) is 0 Å². The van der Waals surface area contributed by atoms with Crippen LogP contribution in [0.2, 0.25) is 0 Å². The van der Waals surface area contributed by atoms with E-state index in [1.54, 1.807) is 0 Å². The number of nitrogens with one attached hydrogen (secondary N) is 1. The molecule has 0 heterocycles. The summed E-state index contributed by atoms with van der Waals surface area (Å²) in [6, 6.07) is 5.83. The van der Waals surface area contributed by atoms with E-state index in [9.17, 15) is 9.59 Å². The quantitative estimate of drug-likeness (QED) is 0.605. The summed E-state index contributed by atoms with van der Waals surface area (Å²) in [7, 11) is 0. The Morgan fingerprint density at radius 2 is 1.89 bits per heavy atom. The average molecular weight is 261 g/mol. The standard InChI is InChI=1S/C16H23NO2/c1-4-5-10-17-16(19)9-8-15(18)14-11-12(2)6-7-13(14)3/h6-7,11H,4-5,8-10H2,1-3H3,(H,17,19). The number of unbranched alkanes of at least 4 members (excludes halogenated alkanes) is 1. The first kappa shape index (κ1) is 15.4. The van der Waals surface area contributed by atoms with E-state index < -0.39 is 0 Å². The number of carbonyl (C=O) groups is 2. The number of Topliss-reactive ketones (excluding diaryl/α,β-unsaturated/α-hetero) is 1. The van der Waals surface area contributed by atoms with Crippen LogP contribution in [0, 0.1) is 13.8 Å². The third-order valence-corrected chi connectivity index (χ3v) is 3.13. The van der Waals surface area contributed by atoms with E-state index >= 15 is 0 Å². The number of amides is 1. The lowest BCUT2D eigenvalue weighted by atomic mass is 9.99. The molecule has 3 nitrogen and oxygen atoms in total. The van der Waals surface area contributed by atoms with E-state index in [0.717, 1.165) is 29.5 Å². The van der Waals surface area contributed by atoms with Crippen LogP contribution in [-0.4, -0.2) is 18.2 Å². The summed E-state index contributed by atoms with van der Waals surface area (Å²) in [4.78, 5) is 23.6. The highest BCUT2D eigenvalue weighted by atomic mass is 16.2. The Morgan fingerprint density at radius 1 is 1.16 bits per heavy atom. The average Bonchev–Trinajstić information content (AvgIpc) is 2.39. The van der Waals surface area contributed by atoms with E-state index in [0.29, 0.717) is 6.54 Å². The van der Waals surface area contributed by atoms with Crippen molar-refractivity contribution in [1.29, 1.82) is 0 Å². The Hall–Kier alpha value is -1.64. The first-order chi connectivity index (χ1) is 9.04. The molecule has 0 spiro atoms. The first-order valence-electron chi connectivity index (χ1n) is 6.91. The third kappa shape index (κ3) is 5.25. The van der Waals surface area contributed by atoms with Gasteiger partial charge >= 0.3 is 0 Å². The van der Waals surface area contributed by atoms with Crippen molar-refractivity contribution in [3.8, 4) is 0 Å². The van der Waals surface area contributed by atoms with Crippen LogP contribution < -0.4 is 5.32 Å². The minimum atomic E-state index is -0.0351. The highest BCUT2D eigenvalue weighted by molar-refractivity contribution is 5.99. The SMILES string of the molecule is CCCCNC(=O)CCC(=O)c1cc(C)ccc1C. The van der Waals surface area contributed by atoms with Crippen molar-refractivity contribution < 1.29 is 9.59 Å². The van der Waals surface area contributed by atoms with Crippen molar-refractivity contribution in [3.63, 3.8) is 0 Å². The van der Waals surface area contributed by atoms with Crippen LogP contribution in [0.5, 0.6) is 0 Å². The van der Waals surface area contributed by atoms with Crippen LogP contribution >= 0.6 is 0 Å². The molecular formula is C16H23NO2. The molecule has 0 unspecified atom stereocenters. The minimum Gasteiger partial charge on any atom is -0.356 e. The summed E-state index contributed by atoms with van der Waals surface area (Å²) in [6.45, 7) is 6.67. The topological polar surface area (TPSA) is 46.2 Å². The minimum absolute atomic E-state index is 0.0351. The second kappa shape index (κ2) is 7.72. The Balaban J connectivity index is 2.47. The van der Waals surface area contributed by atoms with Gasteiger partial charge in [0, 0.05) is 24.9 Å². The van der Waals surface area contributed by atoms with Gasteiger partial charge in [0.25, 0.3) is 0 Å². The molecule has 3 heteroatoms. The molecular weight excluding hydrogens is 238 g/mol. The van der Waals surface area contributed by atoms with Crippen LogP contribution in [0.4, 0.5) is 0 Å². The van der Waals surface area contributed by atoms with Crippen molar-refractivity contribution in [2.24, 2.45) is 0 Å². The van der Waals surface area contributed by atoms with E-state index in [2.05, 4.69) is 12.2 Å². The lowest BCUT2D eigenvalue weighted by molar-refractivity contribution is -0.121. The Labute approximate surface area is 115 Å². The molecule has 1 aromatic rings. The molecule has 1 aromatic carbocycles. The summed E-state index contributed by atoms with van der Waals surface area (Å²) < 4.78 is 0. The number of rotatable bonds is 7.